The van der Waals surface area contributed by atoms with Crippen LogP contribution in [0.5, 0.6) is 0 Å². The molecule has 1 fully saturated rings. The van der Waals surface area contributed by atoms with E-state index in [2.05, 4.69) is 24.1 Å². The summed E-state index contributed by atoms with van der Waals surface area (Å²) in [6.45, 7) is 9.32. The predicted octanol–water partition coefficient (Wildman–Crippen LogP) is 0.458. The quantitative estimate of drug-likeness (QED) is 0.667. The normalized spacial score (nSPS) is 24.6. The summed E-state index contributed by atoms with van der Waals surface area (Å²) in [4.78, 5) is 2.44. The van der Waals surface area contributed by atoms with E-state index in [0.29, 0.717) is 6.04 Å². The van der Waals surface area contributed by atoms with Crippen molar-refractivity contribution in [1.29, 1.82) is 0 Å². The average molecular weight is 230 g/mol. The Hall–Kier alpha value is -0.160. The summed E-state index contributed by atoms with van der Waals surface area (Å²) in [5, 5.41) is 12.6. The predicted molar refractivity (Wildman–Crippen MR) is 65.6 cm³/mol. The first-order valence-corrected chi connectivity index (χ1v) is 6.44. The lowest BCUT2D eigenvalue weighted by Gasteiger charge is -2.34. The third-order valence-corrected chi connectivity index (χ3v) is 3.17. The Bertz CT molecular complexity index is 178. The molecule has 96 valence electrons. The molecule has 16 heavy (non-hydrogen) atoms. The highest BCUT2D eigenvalue weighted by Gasteiger charge is 2.19. The number of hydrogen-bond acceptors (Lipinski definition) is 4. The van der Waals surface area contributed by atoms with Gasteiger partial charge in [0, 0.05) is 25.2 Å². The number of hydrogen-bond donors (Lipinski definition) is 2. The molecule has 0 radical (unpaired) electrons. The summed E-state index contributed by atoms with van der Waals surface area (Å²) in [5.74, 6) is 0. The molecule has 0 spiro atoms. The molecule has 1 heterocycles. The molecule has 2 unspecified atom stereocenters. The first-order chi connectivity index (χ1) is 7.77. The van der Waals surface area contributed by atoms with Gasteiger partial charge in [-0.15, -0.1) is 0 Å². The van der Waals surface area contributed by atoms with Gasteiger partial charge in [-0.25, -0.2) is 0 Å². The maximum Gasteiger partial charge on any atom is 0.0619 e. The molecule has 1 aliphatic rings. The first-order valence-electron chi connectivity index (χ1n) is 6.44. The highest BCUT2D eigenvalue weighted by Crippen LogP contribution is 2.07. The van der Waals surface area contributed by atoms with Crippen LogP contribution in [0.25, 0.3) is 0 Å². The monoisotopic (exact) mass is 230 g/mol. The van der Waals surface area contributed by atoms with E-state index in [9.17, 15) is 5.11 Å². The second kappa shape index (κ2) is 8.01. The lowest BCUT2D eigenvalue weighted by Crippen LogP contribution is -2.46. The van der Waals surface area contributed by atoms with Crippen molar-refractivity contribution < 1.29 is 9.84 Å². The minimum absolute atomic E-state index is 0.235. The van der Waals surface area contributed by atoms with E-state index in [1.54, 1.807) is 0 Å². The zero-order valence-corrected chi connectivity index (χ0v) is 10.6. The van der Waals surface area contributed by atoms with Crippen LogP contribution in [-0.4, -0.2) is 61.5 Å². The van der Waals surface area contributed by atoms with Gasteiger partial charge in [-0.3, -0.25) is 4.90 Å². The Morgan fingerprint density at radius 3 is 3.00 bits per heavy atom. The Labute approximate surface area is 99.0 Å². The Morgan fingerprint density at radius 2 is 2.38 bits per heavy atom. The van der Waals surface area contributed by atoms with E-state index in [1.807, 2.05) is 0 Å². The van der Waals surface area contributed by atoms with Crippen LogP contribution in [0.15, 0.2) is 0 Å². The number of aliphatic hydroxyl groups is 1. The van der Waals surface area contributed by atoms with Gasteiger partial charge in [-0.2, -0.15) is 0 Å². The zero-order chi connectivity index (χ0) is 11.8. The van der Waals surface area contributed by atoms with Gasteiger partial charge in [0.25, 0.3) is 0 Å². The minimum atomic E-state index is 0.235. The number of nitrogens with one attached hydrogen (secondary N) is 1. The van der Waals surface area contributed by atoms with Crippen LogP contribution in [0, 0.1) is 0 Å². The van der Waals surface area contributed by atoms with Crippen molar-refractivity contribution in [3.63, 3.8) is 0 Å². The molecule has 0 aliphatic carbocycles. The number of morpholine rings is 1. The van der Waals surface area contributed by atoms with E-state index in [-0.39, 0.29) is 12.6 Å². The van der Waals surface area contributed by atoms with E-state index in [0.717, 1.165) is 45.7 Å². The summed E-state index contributed by atoms with van der Waals surface area (Å²) < 4.78 is 5.40. The van der Waals surface area contributed by atoms with Gasteiger partial charge in [0.2, 0.25) is 0 Å². The second-order valence-electron chi connectivity index (χ2n) is 4.58. The molecule has 1 rings (SSSR count). The standard InChI is InChI=1S/C12H26N2O2/c1-3-5-13-12(9-15)4-6-14-7-8-16-10-11(14)2/h11-13,15H,3-10H2,1-2H3. The first kappa shape index (κ1) is 13.9. The molecule has 0 bridgehead atoms. The van der Waals surface area contributed by atoms with Gasteiger partial charge < -0.3 is 15.2 Å². The van der Waals surface area contributed by atoms with Gasteiger partial charge in [-0.05, 0) is 26.3 Å². The van der Waals surface area contributed by atoms with E-state index >= 15 is 0 Å². The summed E-state index contributed by atoms with van der Waals surface area (Å²) in [7, 11) is 0. The Morgan fingerprint density at radius 1 is 1.56 bits per heavy atom. The van der Waals surface area contributed by atoms with Crippen LogP contribution in [0.3, 0.4) is 0 Å². The molecule has 0 aromatic rings. The fourth-order valence-corrected chi connectivity index (χ4v) is 2.02. The lowest BCUT2D eigenvalue weighted by molar-refractivity contribution is -0.00252. The van der Waals surface area contributed by atoms with Crippen LogP contribution < -0.4 is 5.32 Å². The molecule has 1 saturated heterocycles. The number of ether oxygens (including phenoxy) is 1. The smallest absolute Gasteiger partial charge is 0.0619 e. The highest BCUT2D eigenvalue weighted by atomic mass is 16.5. The molecule has 0 saturated carbocycles. The fraction of sp³-hybridized carbons (Fsp3) is 1.00. The molecule has 4 nitrogen and oxygen atoms in total. The Balaban J connectivity index is 2.19. The average Bonchev–Trinajstić information content (AvgIpc) is 2.31. The summed E-state index contributed by atoms with van der Waals surface area (Å²) in [5.41, 5.74) is 0. The molecular formula is C12H26N2O2. The number of nitrogens with zero attached hydrogens (tertiary/aromatic N) is 1. The summed E-state index contributed by atoms with van der Waals surface area (Å²) >= 11 is 0. The summed E-state index contributed by atoms with van der Waals surface area (Å²) in [6.07, 6.45) is 2.13. The second-order valence-corrected chi connectivity index (χ2v) is 4.58. The van der Waals surface area contributed by atoms with Gasteiger partial charge in [0.1, 0.15) is 0 Å². The van der Waals surface area contributed by atoms with Gasteiger partial charge in [0.05, 0.1) is 19.8 Å². The van der Waals surface area contributed by atoms with Crippen LogP contribution in [0.4, 0.5) is 0 Å². The maximum atomic E-state index is 9.24. The van der Waals surface area contributed by atoms with E-state index < -0.39 is 0 Å². The van der Waals surface area contributed by atoms with Crippen LogP contribution >= 0.6 is 0 Å². The molecule has 2 N–H and O–H groups in total. The number of rotatable bonds is 7. The lowest BCUT2D eigenvalue weighted by atomic mass is 10.1. The van der Waals surface area contributed by atoms with Crippen molar-refractivity contribution in [1.82, 2.24) is 10.2 Å². The topological polar surface area (TPSA) is 44.7 Å². The fourth-order valence-electron chi connectivity index (χ4n) is 2.02. The molecule has 0 amide bonds. The van der Waals surface area contributed by atoms with E-state index in [4.69, 9.17) is 4.74 Å². The van der Waals surface area contributed by atoms with Crippen LogP contribution in [-0.2, 0) is 4.74 Å². The van der Waals surface area contributed by atoms with Crippen LogP contribution in [0.2, 0.25) is 0 Å². The van der Waals surface area contributed by atoms with Gasteiger partial charge in [-0.1, -0.05) is 6.92 Å². The third-order valence-electron chi connectivity index (χ3n) is 3.17. The molecular weight excluding hydrogens is 204 g/mol. The molecule has 1 aliphatic heterocycles. The van der Waals surface area contributed by atoms with Gasteiger partial charge >= 0.3 is 0 Å². The molecule has 4 heteroatoms. The SMILES string of the molecule is CCCNC(CO)CCN1CCOCC1C. The van der Waals surface area contributed by atoms with Crippen molar-refractivity contribution in [2.75, 3.05) is 39.5 Å². The van der Waals surface area contributed by atoms with Crippen molar-refractivity contribution in [2.45, 2.75) is 38.8 Å². The minimum Gasteiger partial charge on any atom is -0.395 e. The maximum absolute atomic E-state index is 9.24. The summed E-state index contributed by atoms with van der Waals surface area (Å²) in [6, 6.07) is 0.759. The van der Waals surface area contributed by atoms with Crippen molar-refractivity contribution in [3.05, 3.63) is 0 Å². The molecule has 0 aromatic carbocycles. The van der Waals surface area contributed by atoms with Gasteiger partial charge in [0.15, 0.2) is 0 Å². The molecule has 2 atom stereocenters. The van der Waals surface area contributed by atoms with Crippen molar-refractivity contribution in [3.8, 4) is 0 Å². The van der Waals surface area contributed by atoms with E-state index in [1.165, 1.54) is 0 Å². The highest BCUT2D eigenvalue weighted by molar-refractivity contribution is 4.74. The van der Waals surface area contributed by atoms with Crippen LogP contribution in [0.1, 0.15) is 26.7 Å². The zero-order valence-electron chi connectivity index (χ0n) is 10.6. The van der Waals surface area contributed by atoms with Crippen molar-refractivity contribution >= 4 is 0 Å². The van der Waals surface area contributed by atoms with Crippen molar-refractivity contribution in [2.24, 2.45) is 0 Å². The third kappa shape index (κ3) is 4.78. The number of aliphatic hydroxyl groups excluding tert-OH is 1. The Kier molecular flexibility index (Phi) is 6.96. The largest absolute Gasteiger partial charge is 0.395 e. The molecule has 0 aromatic heterocycles.